The summed E-state index contributed by atoms with van der Waals surface area (Å²) < 4.78 is 5.80. The summed E-state index contributed by atoms with van der Waals surface area (Å²) in [5.41, 5.74) is 9.62. The number of para-hydroxylation sites is 2. The summed E-state index contributed by atoms with van der Waals surface area (Å²) in [5.74, 6) is 1.20. The number of fused-ring (bicyclic) bond motifs is 2. The van der Waals surface area contributed by atoms with Gasteiger partial charge in [-0.25, -0.2) is 4.98 Å². The van der Waals surface area contributed by atoms with Crippen molar-refractivity contribution < 1.29 is 9.53 Å². The van der Waals surface area contributed by atoms with Crippen LogP contribution in [0.25, 0.3) is 21.1 Å². The van der Waals surface area contributed by atoms with Crippen molar-refractivity contribution in [1.29, 1.82) is 0 Å². The second-order valence-electron chi connectivity index (χ2n) is 7.42. The van der Waals surface area contributed by atoms with Crippen LogP contribution >= 0.6 is 11.3 Å². The molecule has 0 aliphatic heterocycles. The van der Waals surface area contributed by atoms with Crippen molar-refractivity contribution in [3.05, 3.63) is 89.3 Å². The zero-order valence-corrected chi connectivity index (χ0v) is 18.3. The van der Waals surface area contributed by atoms with Gasteiger partial charge in [0.25, 0.3) is 5.91 Å². The minimum Gasteiger partial charge on any atom is -0.457 e. The van der Waals surface area contributed by atoms with E-state index in [1.807, 2.05) is 60.7 Å². The van der Waals surface area contributed by atoms with Gasteiger partial charge in [-0.2, -0.15) is 0 Å². The zero-order valence-electron chi connectivity index (χ0n) is 17.5. The van der Waals surface area contributed by atoms with Crippen LogP contribution in [-0.2, 0) is 6.42 Å². The van der Waals surface area contributed by atoms with Crippen molar-refractivity contribution in [3.8, 4) is 11.5 Å². The lowest BCUT2D eigenvalue weighted by Crippen LogP contribution is -2.11. The van der Waals surface area contributed by atoms with Crippen molar-refractivity contribution in [2.24, 2.45) is 0 Å². The van der Waals surface area contributed by atoms with E-state index in [2.05, 4.69) is 18.3 Å². The minimum atomic E-state index is -0.248. The molecule has 0 aliphatic carbocycles. The van der Waals surface area contributed by atoms with Crippen LogP contribution in [0.2, 0.25) is 0 Å². The fraction of sp³-hybridized carbons (Fsp3) is 0.0769. The number of nitrogens with zero attached hydrogens (tertiary/aromatic N) is 1. The molecule has 1 amide bonds. The van der Waals surface area contributed by atoms with Gasteiger partial charge in [0.05, 0.1) is 11.2 Å². The fourth-order valence-electron chi connectivity index (χ4n) is 3.66. The second-order valence-corrected chi connectivity index (χ2v) is 8.42. The third-order valence-electron chi connectivity index (χ3n) is 5.31. The van der Waals surface area contributed by atoms with Crippen molar-refractivity contribution in [3.63, 3.8) is 0 Å². The molecule has 0 atom stereocenters. The summed E-state index contributed by atoms with van der Waals surface area (Å²) in [6.45, 7) is 2.11. The Morgan fingerprint density at radius 3 is 2.50 bits per heavy atom. The van der Waals surface area contributed by atoms with E-state index in [9.17, 15) is 4.79 Å². The lowest BCUT2D eigenvalue weighted by atomic mass is 10.1. The number of nitrogens with two attached hydrogens (primary N) is 1. The van der Waals surface area contributed by atoms with Gasteiger partial charge < -0.3 is 15.8 Å². The number of hydrogen-bond donors (Lipinski definition) is 2. The standard InChI is InChI=1S/C26H21N3O2S/c1-2-16-7-6-8-17-15-21-22(27)24(32-26(21)29-23(16)17)25(30)28-18-11-13-20(14-12-18)31-19-9-4-3-5-10-19/h3-15H,2,27H2,1H3,(H,28,30). The van der Waals surface area contributed by atoms with Gasteiger partial charge in [-0.05, 0) is 54.4 Å². The highest BCUT2D eigenvalue weighted by Gasteiger charge is 2.18. The van der Waals surface area contributed by atoms with Crippen LogP contribution in [0.15, 0.2) is 78.9 Å². The molecule has 5 rings (SSSR count). The zero-order chi connectivity index (χ0) is 22.1. The molecule has 5 nitrogen and oxygen atoms in total. The van der Waals surface area contributed by atoms with E-state index < -0.39 is 0 Å². The van der Waals surface area contributed by atoms with Crippen LogP contribution < -0.4 is 15.8 Å². The first-order chi connectivity index (χ1) is 15.6. The quantitative estimate of drug-likeness (QED) is 0.322. The number of thiophene rings is 1. The number of amides is 1. The molecule has 5 aromatic rings. The van der Waals surface area contributed by atoms with Gasteiger partial charge in [-0.3, -0.25) is 4.79 Å². The minimum absolute atomic E-state index is 0.248. The van der Waals surface area contributed by atoms with Gasteiger partial charge >= 0.3 is 0 Å². The van der Waals surface area contributed by atoms with Gasteiger partial charge in [-0.1, -0.05) is 43.3 Å². The molecule has 2 aromatic heterocycles. The van der Waals surface area contributed by atoms with E-state index in [1.165, 1.54) is 16.9 Å². The first-order valence-corrected chi connectivity index (χ1v) is 11.2. The highest BCUT2D eigenvalue weighted by Crippen LogP contribution is 2.35. The topological polar surface area (TPSA) is 77.2 Å². The van der Waals surface area contributed by atoms with E-state index in [0.717, 1.165) is 33.3 Å². The molecule has 0 radical (unpaired) electrons. The smallest absolute Gasteiger partial charge is 0.267 e. The van der Waals surface area contributed by atoms with Crippen molar-refractivity contribution >= 4 is 49.7 Å². The molecule has 0 saturated carbocycles. The number of aromatic nitrogens is 1. The highest BCUT2D eigenvalue weighted by molar-refractivity contribution is 7.21. The monoisotopic (exact) mass is 439 g/mol. The van der Waals surface area contributed by atoms with Crippen LogP contribution in [0, 0.1) is 0 Å². The first-order valence-electron chi connectivity index (χ1n) is 10.4. The second kappa shape index (κ2) is 8.32. The van der Waals surface area contributed by atoms with Crippen LogP contribution in [0.1, 0.15) is 22.2 Å². The normalized spacial score (nSPS) is 11.0. The van der Waals surface area contributed by atoms with E-state index in [4.69, 9.17) is 15.5 Å². The molecular weight excluding hydrogens is 418 g/mol. The average Bonchev–Trinajstić information content (AvgIpc) is 3.15. The molecule has 0 saturated heterocycles. The van der Waals surface area contributed by atoms with Gasteiger partial charge in [-0.15, -0.1) is 11.3 Å². The molecular formula is C26H21N3O2S. The number of nitrogens with one attached hydrogen (secondary N) is 1. The summed E-state index contributed by atoms with van der Waals surface area (Å²) in [4.78, 5) is 19.0. The molecule has 0 aliphatic rings. The molecule has 3 aromatic carbocycles. The maximum Gasteiger partial charge on any atom is 0.267 e. The molecule has 0 unspecified atom stereocenters. The predicted molar refractivity (Wildman–Crippen MR) is 132 cm³/mol. The van der Waals surface area contributed by atoms with E-state index in [0.29, 0.717) is 22.0 Å². The first kappa shape index (κ1) is 20.0. The SMILES string of the molecule is CCc1cccc2cc3c(N)c(C(=O)Nc4ccc(Oc5ccccc5)cc4)sc3nc12. The van der Waals surface area contributed by atoms with Crippen molar-refractivity contribution in [2.45, 2.75) is 13.3 Å². The van der Waals surface area contributed by atoms with Crippen LogP contribution in [0.5, 0.6) is 11.5 Å². The summed E-state index contributed by atoms with van der Waals surface area (Å²) in [5, 5.41) is 4.77. The fourth-order valence-corrected chi connectivity index (χ4v) is 4.63. The number of pyridine rings is 1. The molecule has 6 heteroatoms. The average molecular weight is 440 g/mol. The predicted octanol–water partition coefficient (Wildman–Crippen LogP) is 6.64. The Morgan fingerprint density at radius 2 is 1.75 bits per heavy atom. The number of rotatable bonds is 5. The maximum atomic E-state index is 13.0. The molecule has 0 spiro atoms. The number of carbonyl (C=O) groups is 1. The van der Waals surface area contributed by atoms with E-state index >= 15 is 0 Å². The number of nitrogen functional groups attached to an aromatic ring is 1. The molecule has 32 heavy (non-hydrogen) atoms. The Balaban J connectivity index is 1.39. The summed E-state index contributed by atoms with van der Waals surface area (Å²) in [6, 6.07) is 24.9. The van der Waals surface area contributed by atoms with E-state index in [-0.39, 0.29) is 5.91 Å². The van der Waals surface area contributed by atoms with Crippen molar-refractivity contribution in [2.75, 3.05) is 11.1 Å². The molecule has 2 heterocycles. The van der Waals surface area contributed by atoms with Gasteiger partial charge in [0.1, 0.15) is 21.2 Å². The Bertz CT molecular complexity index is 1430. The molecule has 158 valence electrons. The third kappa shape index (κ3) is 3.76. The largest absolute Gasteiger partial charge is 0.457 e. The summed E-state index contributed by atoms with van der Waals surface area (Å²) in [6.07, 6.45) is 0.897. The lowest BCUT2D eigenvalue weighted by molar-refractivity contribution is 0.103. The molecule has 0 bridgehead atoms. The van der Waals surface area contributed by atoms with Crippen LogP contribution in [-0.4, -0.2) is 10.9 Å². The number of hydrogen-bond acceptors (Lipinski definition) is 5. The van der Waals surface area contributed by atoms with Gasteiger partial charge in [0.2, 0.25) is 0 Å². The number of anilines is 2. The number of benzene rings is 3. The van der Waals surface area contributed by atoms with Crippen LogP contribution in [0.3, 0.4) is 0 Å². The lowest BCUT2D eigenvalue weighted by Gasteiger charge is -2.08. The number of carbonyl (C=O) groups excluding carboxylic acids is 1. The third-order valence-corrected chi connectivity index (χ3v) is 6.42. The Labute approximate surface area is 189 Å². The molecule has 0 fully saturated rings. The summed E-state index contributed by atoms with van der Waals surface area (Å²) >= 11 is 1.32. The van der Waals surface area contributed by atoms with Crippen molar-refractivity contribution in [1.82, 2.24) is 4.98 Å². The maximum absolute atomic E-state index is 13.0. The number of aryl methyl sites for hydroxylation is 1. The van der Waals surface area contributed by atoms with Gasteiger partial charge in [0, 0.05) is 16.5 Å². The van der Waals surface area contributed by atoms with E-state index in [1.54, 1.807) is 12.1 Å². The summed E-state index contributed by atoms with van der Waals surface area (Å²) in [7, 11) is 0. The van der Waals surface area contributed by atoms with Gasteiger partial charge in [0.15, 0.2) is 0 Å². The Kier molecular flexibility index (Phi) is 5.21. The number of ether oxygens (including phenoxy) is 1. The Hall–Kier alpha value is -3.90. The Morgan fingerprint density at radius 1 is 1.00 bits per heavy atom. The molecule has 3 N–H and O–H groups in total. The van der Waals surface area contributed by atoms with Crippen LogP contribution in [0.4, 0.5) is 11.4 Å². The highest BCUT2D eigenvalue weighted by atomic mass is 32.1.